The molecule has 0 radical (unpaired) electrons. The number of aliphatic hydroxyl groups is 1. The van der Waals surface area contributed by atoms with Crippen LogP contribution in [0.1, 0.15) is 28.3 Å². The Balaban J connectivity index is 1.83. The van der Waals surface area contributed by atoms with Crippen molar-refractivity contribution in [3.05, 3.63) is 21.4 Å². The van der Waals surface area contributed by atoms with Gasteiger partial charge in [-0.25, -0.2) is 4.79 Å². The molecule has 0 aromatic carbocycles. The summed E-state index contributed by atoms with van der Waals surface area (Å²) in [5, 5.41) is 15.0. The smallest absolute Gasteiger partial charge is 0.315 e. The second-order valence-electron chi connectivity index (χ2n) is 5.57. The van der Waals surface area contributed by atoms with E-state index < -0.39 is 0 Å². The van der Waals surface area contributed by atoms with E-state index in [2.05, 4.69) is 30.5 Å². The fourth-order valence-corrected chi connectivity index (χ4v) is 3.34. The maximum atomic E-state index is 11.9. The summed E-state index contributed by atoms with van der Waals surface area (Å²) in [4.78, 5) is 14.4. The summed E-state index contributed by atoms with van der Waals surface area (Å²) in [7, 11) is 0. The summed E-state index contributed by atoms with van der Waals surface area (Å²) >= 11 is 1.74. The highest BCUT2D eigenvalue weighted by atomic mass is 32.1. The lowest BCUT2D eigenvalue weighted by Crippen LogP contribution is -2.54. The number of carbonyl (C=O) groups is 1. The highest BCUT2D eigenvalue weighted by molar-refractivity contribution is 7.12. The lowest BCUT2D eigenvalue weighted by molar-refractivity contribution is -0.132. The van der Waals surface area contributed by atoms with E-state index in [1.54, 1.807) is 11.3 Å². The van der Waals surface area contributed by atoms with Crippen molar-refractivity contribution < 1.29 is 14.6 Å². The minimum atomic E-state index is -0.296. The number of ether oxygens (including phenoxy) is 1. The standard InChI is InChI=1S/C14H22N2O3S/c1-9-4-12(11(3)20-9)10(2)16-13(18)15-5-14(6-17)7-19-8-14/h4,10,17H,5-8H2,1-3H3,(H2,15,16,18). The molecule has 1 aromatic rings. The van der Waals surface area contributed by atoms with E-state index in [4.69, 9.17) is 4.74 Å². The molecule has 2 heterocycles. The highest BCUT2D eigenvalue weighted by Gasteiger charge is 2.38. The van der Waals surface area contributed by atoms with Crippen LogP contribution in [-0.4, -0.2) is 37.5 Å². The maximum absolute atomic E-state index is 11.9. The van der Waals surface area contributed by atoms with Gasteiger partial charge in [-0.1, -0.05) is 0 Å². The molecule has 1 fully saturated rings. The summed E-state index contributed by atoms with van der Waals surface area (Å²) in [5.74, 6) is 0. The van der Waals surface area contributed by atoms with Crippen LogP contribution in [0.5, 0.6) is 0 Å². The van der Waals surface area contributed by atoms with E-state index in [1.807, 2.05) is 6.92 Å². The van der Waals surface area contributed by atoms with Crippen molar-refractivity contribution in [1.29, 1.82) is 0 Å². The first kappa shape index (κ1) is 15.3. The van der Waals surface area contributed by atoms with E-state index in [0.717, 1.165) is 5.56 Å². The predicted octanol–water partition coefficient (Wildman–Crippen LogP) is 1.73. The van der Waals surface area contributed by atoms with Crippen LogP contribution in [0, 0.1) is 19.3 Å². The zero-order valence-corrected chi connectivity index (χ0v) is 13.0. The van der Waals surface area contributed by atoms with E-state index in [9.17, 15) is 9.90 Å². The molecule has 0 aliphatic carbocycles. The van der Waals surface area contributed by atoms with Gasteiger partial charge in [0.25, 0.3) is 0 Å². The van der Waals surface area contributed by atoms with Gasteiger partial charge in [-0.3, -0.25) is 0 Å². The maximum Gasteiger partial charge on any atom is 0.315 e. The second kappa shape index (κ2) is 6.11. The Kier molecular flexibility index (Phi) is 4.67. The van der Waals surface area contributed by atoms with Gasteiger partial charge in [0.1, 0.15) is 0 Å². The molecule has 3 N–H and O–H groups in total. The van der Waals surface area contributed by atoms with Gasteiger partial charge in [-0.2, -0.15) is 0 Å². The Morgan fingerprint density at radius 2 is 2.25 bits per heavy atom. The van der Waals surface area contributed by atoms with Crippen LogP contribution in [0.3, 0.4) is 0 Å². The van der Waals surface area contributed by atoms with Crippen LogP contribution in [0.25, 0.3) is 0 Å². The molecule has 1 aromatic heterocycles. The Morgan fingerprint density at radius 3 is 2.70 bits per heavy atom. The molecule has 1 aliphatic rings. The van der Waals surface area contributed by atoms with E-state index in [1.165, 1.54) is 9.75 Å². The number of nitrogens with one attached hydrogen (secondary N) is 2. The molecule has 112 valence electrons. The Labute approximate surface area is 123 Å². The quantitative estimate of drug-likeness (QED) is 0.775. The lowest BCUT2D eigenvalue weighted by atomic mass is 9.87. The number of hydrogen-bond acceptors (Lipinski definition) is 4. The summed E-state index contributed by atoms with van der Waals surface area (Å²) in [5.41, 5.74) is 0.863. The van der Waals surface area contributed by atoms with Gasteiger partial charge in [0.05, 0.1) is 31.3 Å². The first-order valence-corrected chi connectivity index (χ1v) is 7.57. The monoisotopic (exact) mass is 298 g/mol. The van der Waals surface area contributed by atoms with Crippen LogP contribution < -0.4 is 10.6 Å². The average molecular weight is 298 g/mol. The fraction of sp³-hybridized carbons (Fsp3) is 0.643. The van der Waals surface area contributed by atoms with Gasteiger partial charge in [0.15, 0.2) is 0 Å². The third kappa shape index (κ3) is 3.31. The minimum Gasteiger partial charge on any atom is -0.396 e. The van der Waals surface area contributed by atoms with Gasteiger partial charge in [0.2, 0.25) is 0 Å². The average Bonchev–Trinajstić information content (AvgIpc) is 2.67. The number of rotatable bonds is 5. The van der Waals surface area contributed by atoms with Crippen molar-refractivity contribution in [1.82, 2.24) is 10.6 Å². The van der Waals surface area contributed by atoms with Crippen LogP contribution >= 0.6 is 11.3 Å². The number of aryl methyl sites for hydroxylation is 2. The molecule has 1 atom stereocenters. The number of hydrogen-bond donors (Lipinski definition) is 3. The molecule has 2 amide bonds. The minimum absolute atomic E-state index is 0.0253. The molecule has 0 saturated carbocycles. The van der Waals surface area contributed by atoms with Crippen molar-refractivity contribution in [2.45, 2.75) is 26.8 Å². The number of thiophene rings is 1. The lowest BCUT2D eigenvalue weighted by Gasteiger charge is -2.39. The molecule has 1 unspecified atom stereocenters. The molecule has 0 spiro atoms. The van der Waals surface area contributed by atoms with Crippen molar-refractivity contribution in [3.63, 3.8) is 0 Å². The first-order chi connectivity index (χ1) is 9.46. The van der Waals surface area contributed by atoms with Crippen molar-refractivity contribution in [2.24, 2.45) is 5.41 Å². The normalized spacial score (nSPS) is 18.2. The molecule has 0 bridgehead atoms. The van der Waals surface area contributed by atoms with Gasteiger partial charge in [-0.05, 0) is 32.4 Å². The van der Waals surface area contributed by atoms with Crippen molar-refractivity contribution in [3.8, 4) is 0 Å². The van der Waals surface area contributed by atoms with E-state index in [0.29, 0.717) is 19.8 Å². The predicted molar refractivity (Wildman–Crippen MR) is 79.1 cm³/mol. The zero-order chi connectivity index (χ0) is 14.8. The van der Waals surface area contributed by atoms with Gasteiger partial charge in [0, 0.05) is 16.3 Å². The van der Waals surface area contributed by atoms with Crippen molar-refractivity contribution in [2.75, 3.05) is 26.4 Å². The van der Waals surface area contributed by atoms with Gasteiger partial charge in [-0.15, -0.1) is 11.3 Å². The van der Waals surface area contributed by atoms with E-state index >= 15 is 0 Å². The van der Waals surface area contributed by atoms with Gasteiger partial charge < -0.3 is 20.5 Å². The molecule has 1 aliphatic heterocycles. The third-order valence-corrected chi connectivity index (χ3v) is 4.65. The highest BCUT2D eigenvalue weighted by Crippen LogP contribution is 2.27. The van der Waals surface area contributed by atoms with Crippen LogP contribution in [0.15, 0.2) is 6.07 Å². The second-order valence-corrected chi connectivity index (χ2v) is 7.03. The summed E-state index contributed by atoms with van der Waals surface area (Å²) in [6.07, 6.45) is 0. The molecule has 2 rings (SSSR count). The van der Waals surface area contributed by atoms with Crippen LogP contribution in [0.4, 0.5) is 4.79 Å². The van der Waals surface area contributed by atoms with Crippen LogP contribution in [-0.2, 0) is 4.74 Å². The van der Waals surface area contributed by atoms with E-state index in [-0.39, 0.29) is 24.1 Å². The molecule has 6 heteroatoms. The largest absolute Gasteiger partial charge is 0.396 e. The van der Waals surface area contributed by atoms with Crippen LogP contribution in [0.2, 0.25) is 0 Å². The first-order valence-electron chi connectivity index (χ1n) is 6.76. The fourth-order valence-electron chi connectivity index (χ4n) is 2.31. The third-order valence-electron chi connectivity index (χ3n) is 3.67. The number of aliphatic hydroxyl groups excluding tert-OH is 1. The Morgan fingerprint density at radius 1 is 1.55 bits per heavy atom. The SMILES string of the molecule is Cc1cc(C(C)NC(=O)NCC2(CO)COC2)c(C)s1. The molecule has 1 saturated heterocycles. The molecular formula is C14H22N2O3S. The van der Waals surface area contributed by atoms with Gasteiger partial charge >= 0.3 is 6.03 Å². The zero-order valence-electron chi connectivity index (χ0n) is 12.2. The number of urea groups is 1. The summed E-state index contributed by atoms with van der Waals surface area (Å²) < 4.78 is 5.10. The number of carbonyl (C=O) groups excluding carboxylic acids is 1. The Bertz CT molecular complexity index is 477. The summed E-state index contributed by atoms with van der Waals surface area (Å²) in [6.45, 7) is 7.58. The van der Waals surface area contributed by atoms with Crippen molar-refractivity contribution >= 4 is 17.4 Å². The molecular weight excluding hydrogens is 276 g/mol. The molecule has 20 heavy (non-hydrogen) atoms. The topological polar surface area (TPSA) is 70.6 Å². The number of amides is 2. The summed E-state index contributed by atoms with van der Waals surface area (Å²) in [6, 6.07) is 1.88. The molecule has 5 nitrogen and oxygen atoms in total. The Hall–Kier alpha value is -1.11.